The Morgan fingerprint density at radius 2 is 1.42 bits per heavy atom. The van der Waals surface area contributed by atoms with Gasteiger partial charge in [-0.1, -0.05) is 25.3 Å². The lowest BCUT2D eigenvalue weighted by molar-refractivity contribution is 0.306. The average Bonchev–Trinajstić information content (AvgIpc) is 2.60. The van der Waals surface area contributed by atoms with E-state index in [1.807, 2.05) is 6.07 Å². The molecule has 2 aliphatic carbocycles. The van der Waals surface area contributed by atoms with Crippen LogP contribution in [0.1, 0.15) is 56.1 Å². The number of sulfonamides is 1. The molecule has 0 spiro atoms. The maximum absolute atomic E-state index is 12.9. The van der Waals surface area contributed by atoms with Gasteiger partial charge in [-0.05, 0) is 61.8 Å². The van der Waals surface area contributed by atoms with Crippen LogP contribution in [0.5, 0.6) is 0 Å². The maximum Gasteiger partial charge on any atom is 0.243 e. The van der Waals surface area contributed by atoms with E-state index < -0.39 is 25.1 Å². The topological polar surface area (TPSA) is 71.5 Å². The largest absolute Gasteiger partial charge is 0.243 e. The summed E-state index contributed by atoms with van der Waals surface area (Å²) in [6.45, 7) is 0.219. The zero-order valence-corrected chi connectivity index (χ0v) is 16.7. The molecule has 2 fully saturated rings. The fourth-order valence-corrected chi connectivity index (χ4v) is 8.57. The Labute approximate surface area is 156 Å². The molecule has 0 amide bonds. The number of hydrogen-bond donors (Lipinski definition) is 0. The Balaban J connectivity index is 1.47. The molecule has 1 heterocycles. The van der Waals surface area contributed by atoms with E-state index in [1.54, 1.807) is 12.1 Å². The first-order chi connectivity index (χ1) is 12.4. The van der Waals surface area contributed by atoms with Crippen molar-refractivity contribution >= 4 is 19.9 Å². The highest BCUT2D eigenvalue weighted by Gasteiger charge is 2.46. The van der Waals surface area contributed by atoms with Crippen LogP contribution in [0.15, 0.2) is 23.1 Å². The van der Waals surface area contributed by atoms with Gasteiger partial charge in [0.1, 0.15) is 0 Å². The summed E-state index contributed by atoms with van der Waals surface area (Å²) < 4.78 is 52.6. The third-order valence-electron chi connectivity index (χ3n) is 6.25. The lowest BCUT2D eigenvalue weighted by Crippen LogP contribution is -2.58. The number of fused-ring (bicyclic) bond motifs is 1. The second-order valence-corrected chi connectivity index (χ2v) is 12.4. The molecule has 0 atom stereocenters. The van der Waals surface area contributed by atoms with Gasteiger partial charge in [0, 0.05) is 13.1 Å². The molecule has 0 N–H and O–H groups in total. The molecular formula is C19H27NO4S2. The smallest absolute Gasteiger partial charge is 0.228 e. The summed E-state index contributed by atoms with van der Waals surface area (Å²) in [5, 5.41) is -0.798. The van der Waals surface area contributed by atoms with E-state index in [0.29, 0.717) is 4.90 Å². The Morgan fingerprint density at radius 3 is 2.12 bits per heavy atom. The second kappa shape index (κ2) is 6.91. The molecule has 3 aliphatic rings. The van der Waals surface area contributed by atoms with Gasteiger partial charge in [-0.15, -0.1) is 0 Å². The molecule has 5 nitrogen and oxygen atoms in total. The fourth-order valence-electron chi connectivity index (χ4n) is 4.49. The summed E-state index contributed by atoms with van der Waals surface area (Å²) in [5.41, 5.74) is 2.38. The standard InChI is InChI=1S/C19H27NO4S2/c21-25(22,17-8-2-1-3-9-17)19-13-20(14-19)26(23,24)18-11-10-15-6-4-5-7-16(15)12-18/h10-12,17,19H,1-9,13-14H2. The lowest BCUT2D eigenvalue weighted by atomic mass is 9.92. The molecule has 26 heavy (non-hydrogen) atoms. The Morgan fingerprint density at radius 1 is 0.769 bits per heavy atom. The molecule has 0 radical (unpaired) electrons. The van der Waals surface area contributed by atoms with E-state index in [0.717, 1.165) is 63.4 Å². The number of sulfone groups is 1. The van der Waals surface area contributed by atoms with Crippen molar-refractivity contribution < 1.29 is 16.8 Å². The summed E-state index contributed by atoms with van der Waals surface area (Å²) >= 11 is 0. The molecule has 1 aromatic rings. The molecule has 144 valence electrons. The zero-order chi connectivity index (χ0) is 18.4. The minimum atomic E-state index is -3.59. The quantitative estimate of drug-likeness (QED) is 0.783. The van der Waals surface area contributed by atoms with Gasteiger partial charge in [0.15, 0.2) is 9.84 Å². The SMILES string of the molecule is O=S(=O)(C1CCCCC1)C1CN(S(=O)(=O)c2ccc3c(c2)CCCC3)C1. The van der Waals surface area contributed by atoms with Crippen molar-refractivity contribution in [3.8, 4) is 0 Å². The van der Waals surface area contributed by atoms with Crippen LogP contribution in [0, 0.1) is 0 Å². The number of nitrogens with zero attached hydrogens (tertiary/aromatic N) is 1. The van der Waals surface area contributed by atoms with Gasteiger partial charge >= 0.3 is 0 Å². The normalized spacial score (nSPS) is 23.4. The van der Waals surface area contributed by atoms with Crippen LogP contribution in [0.4, 0.5) is 0 Å². The summed E-state index contributed by atoms with van der Waals surface area (Å²) in [5.74, 6) is 0. The van der Waals surface area contributed by atoms with Gasteiger partial charge < -0.3 is 0 Å². The van der Waals surface area contributed by atoms with E-state index in [9.17, 15) is 16.8 Å². The average molecular weight is 398 g/mol. The van der Waals surface area contributed by atoms with E-state index >= 15 is 0 Å². The van der Waals surface area contributed by atoms with Crippen molar-refractivity contribution in [1.82, 2.24) is 4.31 Å². The highest BCUT2D eigenvalue weighted by Crippen LogP contribution is 2.33. The van der Waals surface area contributed by atoms with Gasteiger partial charge in [-0.25, -0.2) is 16.8 Å². The highest BCUT2D eigenvalue weighted by atomic mass is 32.2. The first-order valence-electron chi connectivity index (χ1n) is 9.74. The maximum atomic E-state index is 12.9. The predicted octanol–water partition coefficient (Wildman–Crippen LogP) is 2.69. The van der Waals surface area contributed by atoms with Gasteiger partial charge in [0.25, 0.3) is 0 Å². The van der Waals surface area contributed by atoms with Crippen LogP contribution in [-0.2, 0) is 32.7 Å². The van der Waals surface area contributed by atoms with Crippen molar-refractivity contribution in [3.63, 3.8) is 0 Å². The molecule has 4 rings (SSSR count). The first kappa shape index (κ1) is 18.4. The Kier molecular flexibility index (Phi) is 4.90. The zero-order valence-electron chi connectivity index (χ0n) is 15.1. The van der Waals surface area contributed by atoms with Crippen LogP contribution in [0.25, 0.3) is 0 Å². The number of rotatable bonds is 4. The van der Waals surface area contributed by atoms with Crippen molar-refractivity contribution in [2.24, 2.45) is 0 Å². The number of benzene rings is 1. The molecule has 1 aromatic carbocycles. The lowest BCUT2D eigenvalue weighted by Gasteiger charge is -2.39. The van der Waals surface area contributed by atoms with Crippen LogP contribution in [-0.4, -0.2) is 44.7 Å². The highest BCUT2D eigenvalue weighted by molar-refractivity contribution is 7.93. The molecule has 1 aliphatic heterocycles. The van der Waals surface area contributed by atoms with Crippen LogP contribution >= 0.6 is 0 Å². The summed E-state index contributed by atoms with van der Waals surface area (Å²) in [6.07, 6.45) is 8.70. The summed E-state index contributed by atoms with van der Waals surface area (Å²) in [6, 6.07) is 5.41. The third-order valence-corrected chi connectivity index (χ3v) is 10.7. The predicted molar refractivity (Wildman–Crippen MR) is 101 cm³/mol. The van der Waals surface area contributed by atoms with E-state index in [4.69, 9.17) is 0 Å². The summed E-state index contributed by atoms with van der Waals surface area (Å²) in [4.78, 5) is 0.312. The van der Waals surface area contributed by atoms with Crippen LogP contribution in [0.2, 0.25) is 0 Å². The van der Waals surface area contributed by atoms with Gasteiger partial charge in [0.05, 0.1) is 15.4 Å². The van der Waals surface area contributed by atoms with Crippen molar-refractivity contribution in [2.75, 3.05) is 13.1 Å². The molecule has 0 aromatic heterocycles. The van der Waals surface area contributed by atoms with Gasteiger partial charge in [-0.3, -0.25) is 0 Å². The van der Waals surface area contributed by atoms with Crippen molar-refractivity contribution in [3.05, 3.63) is 29.3 Å². The van der Waals surface area contributed by atoms with Crippen molar-refractivity contribution in [1.29, 1.82) is 0 Å². The molecule has 0 unspecified atom stereocenters. The van der Waals surface area contributed by atoms with Gasteiger partial charge in [-0.2, -0.15) is 4.31 Å². The molecule has 1 saturated heterocycles. The third kappa shape index (κ3) is 3.22. The van der Waals surface area contributed by atoms with Crippen LogP contribution in [0.3, 0.4) is 0 Å². The van der Waals surface area contributed by atoms with Crippen LogP contribution < -0.4 is 0 Å². The number of hydrogen-bond acceptors (Lipinski definition) is 4. The monoisotopic (exact) mass is 397 g/mol. The molecule has 0 bridgehead atoms. The molecule has 1 saturated carbocycles. The minimum Gasteiger partial charge on any atom is -0.228 e. The minimum absolute atomic E-state index is 0.109. The Hall–Kier alpha value is -0.920. The molecule has 7 heteroatoms. The van der Waals surface area contributed by atoms with E-state index in [-0.39, 0.29) is 18.3 Å². The van der Waals surface area contributed by atoms with E-state index in [1.165, 1.54) is 9.87 Å². The Bertz CT molecular complexity index is 880. The number of aryl methyl sites for hydroxylation is 2. The van der Waals surface area contributed by atoms with Crippen molar-refractivity contribution in [2.45, 2.75) is 73.2 Å². The molecular weight excluding hydrogens is 370 g/mol. The fraction of sp³-hybridized carbons (Fsp3) is 0.684. The van der Waals surface area contributed by atoms with E-state index in [2.05, 4.69) is 0 Å². The second-order valence-electron chi connectivity index (χ2n) is 7.93. The van der Waals surface area contributed by atoms with Gasteiger partial charge in [0.2, 0.25) is 10.0 Å². The summed E-state index contributed by atoms with van der Waals surface area (Å²) in [7, 11) is -6.81. The first-order valence-corrected chi connectivity index (χ1v) is 12.8.